The molecule has 4 heterocycles. The molecule has 8 heteroatoms. The van der Waals surface area contributed by atoms with Gasteiger partial charge in [0.25, 0.3) is 0 Å². The molecule has 0 bridgehead atoms. The van der Waals surface area contributed by atoms with Crippen LogP contribution in [0.1, 0.15) is 36.0 Å². The molecule has 0 saturated carbocycles. The molecule has 0 N–H and O–H groups in total. The number of halogens is 1. The van der Waals surface area contributed by atoms with Gasteiger partial charge in [-0.1, -0.05) is 160 Å². The number of hydrogen-bond acceptors (Lipinski definition) is 4. The molecule has 0 fully saturated rings. The van der Waals surface area contributed by atoms with Gasteiger partial charge in [-0.15, -0.1) is 36.4 Å². The first-order chi connectivity index (χ1) is 31.1. The van der Waals surface area contributed by atoms with Gasteiger partial charge >= 0.3 is 0 Å². The van der Waals surface area contributed by atoms with Gasteiger partial charge in [0.2, 0.25) is 5.71 Å². The minimum Gasteiger partial charge on any atom is -0.486 e. The summed E-state index contributed by atoms with van der Waals surface area (Å²) in [5.74, 6) is 0.0175. The second kappa shape index (κ2) is 16.1. The first-order valence-electron chi connectivity index (χ1n) is 22.3. The van der Waals surface area contributed by atoms with Crippen molar-refractivity contribution in [3.8, 4) is 28.3 Å². The first-order valence-corrected chi connectivity index (χ1v) is 24.3. The van der Waals surface area contributed by atoms with Crippen LogP contribution in [0, 0.1) is 24.8 Å². The van der Waals surface area contributed by atoms with E-state index >= 15 is 0 Å². The molecule has 0 aliphatic rings. The van der Waals surface area contributed by atoms with Crippen LogP contribution in [-0.4, -0.2) is 27.6 Å². The predicted octanol–water partition coefficient (Wildman–Crippen LogP) is 14.1. The normalized spacial score (nSPS) is 12.9. The van der Waals surface area contributed by atoms with E-state index < -0.39 is 20.7 Å². The second-order valence-electron chi connectivity index (χ2n) is 17.9. The number of furan rings is 1. The van der Waals surface area contributed by atoms with Crippen LogP contribution in [0.4, 0.5) is 4.39 Å². The van der Waals surface area contributed by atoms with E-state index in [9.17, 15) is 4.39 Å². The summed E-state index contributed by atoms with van der Waals surface area (Å²) in [7, 11) is -1.47. The van der Waals surface area contributed by atoms with E-state index in [4.69, 9.17) is 18.5 Å². The van der Waals surface area contributed by atoms with Crippen LogP contribution in [-0.2, 0) is 25.5 Å². The van der Waals surface area contributed by atoms with Gasteiger partial charge in [-0.25, -0.2) is 4.98 Å². The van der Waals surface area contributed by atoms with E-state index in [0.717, 1.165) is 60.6 Å². The fourth-order valence-corrected chi connectivity index (χ4v) is 9.39. The Morgan fingerprint density at radius 3 is 2.13 bits per heavy atom. The summed E-state index contributed by atoms with van der Waals surface area (Å²) in [5, 5.41) is 10.2. The third kappa shape index (κ3) is 7.46. The van der Waals surface area contributed by atoms with E-state index in [2.05, 4.69) is 159 Å². The number of fused-ring (bicyclic) bond motifs is 10. The molecule has 7 aromatic carbocycles. The fourth-order valence-electron chi connectivity index (χ4n) is 8.35. The molecule has 4 aromatic heterocycles. The number of aromatic nitrogens is 4. The summed E-state index contributed by atoms with van der Waals surface area (Å²) < 4.78 is 45.2. The molecular formula is C55H45FIrN4OSi-2. The Balaban J connectivity index is 0.000000211. The van der Waals surface area contributed by atoms with Crippen LogP contribution >= 0.6 is 0 Å². The molecule has 0 spiro atoms. The van der Waals surface area contributed by atoms with E-state index in [1.807, 2.05) is 24.4 Å². The van der Waals surface area contributed by atoms with Crippen molar-refractivity contribution in [2.45, 2.75) is 52.7 Å². The number of aryl methyl sites for hydroxylation is 1. The summed E-state index contributed by atoms with van der Waals surface area (Å²) in [6.07, 6.45) is 3.63. The Morgan fingerprint density at radius 1 is 0.683 bits per heavy atom. The summed E-state index contributed by atoms with van der Waals surface area (Å²) in [6, 6.07) is 51.2. The van der Waals surface area contributed by atoms with Crippen molar-refractivity contribution in [1.29, 1.82) is 0 Å². The quantitative estimate of drug-likeness (QED) is 0.100. The third-order valence-corrected chi connectivity index (χ3v) is 13.8. The Morgan fingerprint density at radius 2 is 1.40 bits per heavy atom. The Kier molecular flexibility index (Phi) is 9.81. The largest absolute Gasteiger partial charge is 0.486 e. The number of imidazole rings is 1. The zero-order valence-electron chi connectivity index (χ0n) is 38.8. The van der Waals surface area contributed by atoms with Crippen LogP contribution in [0.25, 0.3) is 93.8 Å². The molecule has 313 valence electrons. The van der Waals surface area contributed by atoms with Gasteiger partial charge in [0.15, 0.2) is 0 Å². The zero-order valence-corrected chi connectivity index (χ0v) is 39.2. The minimum atomic E-state index is -2.48. The summed E-state index contributed by atoms with van der Waals surface area (Å²) in [4.78, 5) is 14.4. The first kappa shape index (κ1) is 38.4. The monoisotopic (exact) mass is 1020 g/mol. The van der Waals surface area contributed by atoms with Gasteiger partial charge in [-0.3, -0.25) is 9.37 Å². The molecule has 0 amide bonds. The summed E-state index contributed by atoms with van der Waals surface area (Å²) in [6.45, 7) is 10.8. The summed E-state index contributed by atoms with van der Waals surface area (Å²) >= 11 is 0. The molecule has 5 nitrogen and oxygen atoms in total. The van der Waals surface area contributed by atoms with Gasteiger partial charge in [-0.2, -0.15) is 0 Å². The van der Waals surface area contributed by atoms with Gasteiger partial charge in [0.05, 0.1) is 30.5 Å². The molecule has 63 heavy (non-hydrogen) atoms. The van der Waals surface area contributed by atoms with E-state index in [1.54, 1.807) is 12.3 Å². The number of nitrogens with zero attached hydrogens (tertiary/aromatic N) is 4. The minimum absolute atomic E-state index is 0. The topological polar surface area (TPSA) is 56.7 Å². The molecule has 0 aliphatic carbocycles. The second-order valence-corrected chi connectivity index (χ2v) is 22.9. The van der Waals surface area contributed by atoms with Crippen molar-refractivity contribution in [3.05, 3.63) is 175 Å². The van der Waals surface area contributed by atoms with E-state index in [0.29, 0.717) is 11.4 Å². The van der Waals surface area contributed by atoms with Crippen LogP contribution in [0.5, 0.6) is 0 Å². The maximum absolute atomic E-state index is 14.4. The van der Waals surface area contributed by atoms with E-state index in [-0.39, 0.29) is 36.6 Å². The SMILES string of the molecule is CC(C)(C)c1ccc(-n2c(-c3[c-]ccc4c3oc3ncc5ccccc5c34)nc3c4ccc5ccccc5c4ccc32)cc1.[2H]C([2H])([2H])c1cc[c-]c(-c2ccc([Si](C)(C)C)cn2)c1F.[Ir]. The van der Waals surface area contributed by atoms with Crippen molar-refractivity contribution in [2.75, 3.05) is 0 Å². The number of benzene rings is 7. The zero-order chi connectivity index (χ0) is 45.4. The van der Waals surface area contributed by atoms with Gasteiger partial charge in [0, 0.05) is 64.3 Å². The Labute approximate surface area is 385 Å². The molecule has 1 radical (unpaired) electrons. The van der Waals surface area contributed by atoms with Crippen LogP contribution < -0.4 is 5.19 Å². The molecular weight excluding hydrogens is 972 g/mol. The van der Waals surface area contributed by atoms with Crippen LogP contribution in [0.2, 0.25) is 19.6 Å². The van der Waals surface area contributed by atoms with E-state index in [1.165, 1.54) is 39.0 Å². The smallest absolute Gasteiger partial charge is 0.216 e. The average Bonchev–Trinajstić information content (AvgIpc) is 3.88. The standard InChI is InChI=1S/C40H28N3O.C15H17FNSi.Ir/c1-40(2,3)26-16-18-27(19-17-26)43-34-22-21-30-28-11-6-4-9-24(28)15-20-31(30)36(34)42-38(43)33-14-8-13-32-35-29-12-7-5-10-25(29)23-41-39(35)44-37(32)33;1-11-6-5-7-13(15(11)16)14-9-8-12(10-17-14)18(2,3)4;/h4-13,15-23H,1-3H3;5-6,8-10H,1-4H3;/q2*-1;/i;1D3;. The molecule has 11 aromatic rings. The summed E-state index contributed by atoms with van der Waals surface area (Å²) in [5.41, 5.74) is 6.75. The maximum atomic E-state index is 14.4. The maximum Gasteiger partial charge on any atom is 0.216 e. The van der Waals surface area contributed by atoms with Crippen molar-refractivity contribution in [1.82, 2.24) is 19.5 Å². The number of pyridine rings is 2. The van der Waals surface area contributed by atoms with Crippen molar-refractivity contribution in [2.24, 2.45) is 0 Å². The molecule has 0 unspecified atom stereocenters. The average molecular weight is 1020 g/mol. The van der Waals surface area contributed by atoms with Gasteiger partial charge in [-0.05, 0) is 61.6 Å². The fraction of sp³-hybridized carbons (Fsp3) is 0.145. The van der Waals surface area contributed by atoms with Crippen molar-refractivity contribution >= 4 is 78.7 Å². The predicted molar refractivity (Wildman–Crippen MR) is 258 cm³/mol. The number of rotatable bonds is 4. The molecule has 0 atom stereocenters. The van der Waals surface area contributed by atoms with Crippen LogP contribution in [0.3, 0.4) is 0 Å². The Bertz CT molecular complexity index is 3630. The number of hydrogen-bond donors (Lipinski definition) is 0. The molecule has 0 aliphatic heterocycles. The van der Waals surface area contributed by atoms with Gasteiger partial charge < -0.3 is 14.0 Å². The van der Waals surface area contributed by atoms with Gasteiger partial charge in [0.1, 0.15) is 0 Å². The third-order valence-electron chi connectivity index (χ3n) is 11.8. The molecule has 0 saturated heterocycles. The molecule has 11 rings (SSSR count). The Hall–Kier alpha value is -6.31. The van der Waals surface area contributed by atoms with Crippen LogP contribution in [0.15, 0.2) is 150 Å². The van der Waals surface area contributed by atoms with Crippen molar-refractivity contribution in [3.63, 3.8) is 0 Å². The van der Waals surface area contributed by atoms with Crippen molar-refractivity contribution < 1.29 is 33.0 Å².